The van der Waals surface area contributed by atoms with Crippen molar-refractivity contribution in [1.82, 2.24) is 10.2 Å². The van der Waals surface area contributed by atoms with E-state index in [1.165, 1.54) is 5.56 Å². The lowest BCUT2D eigenvalue weighted by atomic mass is 10.0. The van der Waals surface area contributed by atoms with Gasteiger partial charge in [0.2, 0.25) is 0 Å². The number of hydrogen-bond acceptors (Lipinski definition) is 3. The van der Waals surface area contributed by atoms with Gasteiger partial charge in [0.15, 0.2) is 0 Å². The van der Waals surface area contributed by atoms with E-state index in [4.69, 9.17) is 16.0 Å². The highest BCUT2D eigenvalue weighted by atomic mass is 35.5. The third kappa shape index (κ3) is 4.88. The molecule has 0 saturated heterocycles. The van der Waals surface area contributed by atoms with Gasteiger partial charge in [0.25, 0.3) is 0 Å². The highest BCUT2D eigenvalue weighted by molar-refractivity contribution is 6.30. The molecular formula is C17H23ClN2O. The first kappa shape index (κ1) is 16.1. The number of halogens is 1. The van der Waals surface area contributed by atoms with Gasteiger partial charge in [-0.1, -0.05) is 30.7 Å². The van der Waals surface area contributed by atoms with E-state index in [1.807, 2.05) is 37.4 Å². The van der Waals surface area contributed by atoms with Crippen LogP contribution in [0.1, 0.15) is 30.7 Å². The standard InChI is InChI=1S/C17H23ClN2O/c1-3-20(13-16-8-5-11-21-16)10-9-17(19-2)14-6-4-7-15(18)12-14/h4-8,11-12,17,19H,3,9-10,13H2,1-2H3. The molecule has 2 aromatic rings. The summed E-state index contributed by atoms with van der Waals surface area (Å²) in [5.74, 6) is 1.01. The van der Waals surface area contributed by atoms with Gasteiger partial charge in [0.05, 0.1) is 12.8 Å². The summed E-state index contributed by atoms with van der Waals surface area (Å²) < 4.78 is 5.42. The summed E-state index contributed by atoms with van der Waals surface area (Å²) in [5.41, 5.74) is 1.24. The Balaban J connectivity index is 1.92. The van der Waals surface area contributed by atoms with E-state index in [2.05, 4.69) is 23.2 Å². The van der Waals surface area contributed by atoms with Crippen molar-refractivity contribution in [3.63, 3.8) is 0 Å². The van der Waals surface area contributed by atoms with Crippen molar-refractivity contribution in [2.45, 2.75) is 25.9 Å². The summed E-state index contributed by atoms with van der Waals surface area (Å²) in [4.78, 5) is 2.38. The normalized spacial score (nSPS) is 12.8. The fourth-order valence-electron chi connectivity index (χ4n) is 2.48. The number of benzene rings is 1. The van der Waals surface area contributed by atoms with Crippen LogP contribution in [0.15, 0.2) is 47.1 Å². The molecule has 1 unspecified atom stereocenters. The third-order valence-electron chi connectivity index (χ3n) is 3.74. The summed E-state index contributed by atoms with van der Waals surface area (Å²) in [5, 5.41) is 4.16. The molecule has 0 amide bonds. The van der Waals surface area contributed by atoms with Crippen molar-refractivity contribution in [3.05, 3.63) is 59.0 Å². The molecule has 2 rings (SSSR count). The first-order valence-corrected chi connectivity index (χ1v) is 7.78. The van der Waals surface area contributed by atoms with Crippen LogP contribution >= 0.6 is 11.6 Å². The lowest BCUT2D eigenvalue weighted by Crippen LogP contribution is -2.28. The first-order valence-electron chi connectivity index (χ1n) is 7.40. The number of nitrogens with zero attached hydrogens (tertiary/aromatic N) is 1. The van der Waals surface area contributed by atoms with Crippen molar-refractivity contribution in [1.29, 1.82) is 0 Å². The Morgan fingerprint density at radius 3 is 2.76 bits per heavy atom. The van der Waals surface area contributed by atoms with E-state index in [1.54, 1.807) is 6.26 Å². The minimum atomic E-state index is 0.314. The molecule has 0 radical (unpaired) electrons. The summed E-state index contributed by atoms with van der Waals surface area (Å²) in [6.45, 7) is 5.05. The third-order valence-corrected chi connectivity index (χ3v) is 3.98. The highest BCUT2D eigenvalue weighted by Crippen LogP contribution is 2.21. The van der Waals surface area contributed by atoms with Gasteiger partial charge in [-0.25, -0.2) is 0 Å². The van der Waals surface area contributed by atoms with Crippen LogP contribution < -0.4 is 5.32 Å². The molecule has 114 valence electrons. The minimum Gasteiger partial charge on any atom is -0.468 e. The number of furan rings is 1. The van der Waals surface area contributed by atoms with Gasteiger partial charge in [-0.05, 0) is 49.8 Å². The molecule has 4 heteroatoms. The molecule has 1 atom stereocenters. The molecular weight excluding hydrogens is 284 g/mol. The molecule has 0 aliphatic carbocycles. The fraction of sp³-hybridized carbons (Fsp3) is 0.412. The fourth-order valence-corrected chi connectivity index (χ4v) is 2.68. The van der Waals surface area contributed by atoms with Gasteiger partial charge in [0.1, 0.15) is 5.76 Å². The van der Waals surface area contributed by atoms with Crippen molar-refractivity contribution in [2.24, 2.45) is 0 Å². The zero-order chi connectivity index (χ0) is 15.1. The zero-order valence-electron chi connectivity index (χ0n) is 12.7. The predicted octanol–water partition coefficient (Wildman–Crippen LogP) is 4.11. The van der Waals surface area contributed by atoms with Crippen LogP contribution in [0, 0.1) is 0 Å². The van der Waals surface area contributed by atoms with Gasteiger partial charge in [0, 0.05) is 17.6 Å². The van der Waals surface area contributed by atoms with Crippen molar-refractivity contribution in [3.8, 4) is 0 Å². The van der Waals surface area contributed by atoms with E-state index in [0.29, 0.717) is 6.04 Å². The Kier molecular flexibility index (Phi) is 6.30. The molecule has 0 aliphatic heterocycles. The van der Waals surface area contributed by atoms with Crippen LogP contribution in [0.2, 0.25) is 5.02 Å². The molecule has 1 N–H and O–H groups in total. The maximum atomic E-state index is 6.08. The Morgan fingerprint density at radius 2 is 2.14 bits per heavy atom. The van der Waals surface area contributed by atoms with Crippen LogP contribution in [-0.2, 0) is 6.54 Å². The highest BCUT2D eigenvalue weighted by Gasteiger charge is 2.12. The molecule has 0 saturated carbocycles. The van der Waals surface area contributed by atoms with Crippen LogP contribution in [0.25, 0.3) is 0 Å². The molecule has 0 aliphatic rings. The van der Waals surface area contributed by atoms with E-state index < -0.39 is 0 Å². The lowest BCUT2D eigenvalue weighted by molar-refractivity contribution is 0.242. The second kappa shape index (κ2) is 8.23. The number of hydrogen-bond donors (Lipinski definition) is 1. The van der Waals surface area contributed by atoms with Crippen LogP contribution in [0.4, 0.5) is 0 Å². The Labute approximate surface area is 131 Å². The predicted molar refractivity (Wildman–Crippen MR) is 87.5 cm³/mol. The molecule has 0 fully saturated rings. The maximum Gasteiger partial charge on any atom is 0.117 e. The number of rotatable bonds is 8. The van der Waals surface area contributed by atoms with Crippen LogP contribution in [-0.4, -0.2) is 25.0 Å². The largest absolute Gasteiger partial charge is 0.468 e. The molecule has 1 aromatic heterocycles. The average Bonchev–Trinajstić information content (AvgIpc) is 2.99. The van der Waals surface area contributed by atoms with Gasteiger partial charge < -0.3 is 9.73 Å². The molecule has 1 aromatic carbocycles. The summed E-state index contributed by atoms with van der Waals surface area (Å²) in [6.07, 6.45) is 2.76. The van der Waals surface area contributed by atoms with Gasteiger partial charge in [-0.3, -0.25) is 4.90 Å². The molecule has 1 heterocycles. The van der Waals surface area contributed by atoms with Crippen molar-refractivity contribution in [2.75, 3.05) is 20.1 Å². The van der Waals surface area contributed by atoms with Gasteiger partial charge in [-0.2, -0.15) is 0 Å². The van der Waals surface area contributed by atoms with Gasteiger partial charge >= 0.3 is 0 Å². The Hall–Kier alpha value is -1.29. The Bertz CT molecular complexity index is 527. The molecule has 3 nitrogen and oxygen atoms in total. The second-order valence-corrected chi connectivity index (χ2v) is 5.57. The van der Waals surface area contributed by atoms with Crippen LogP contribution in [0.5, 0.6) is 0 Å². The SMILES string of the molecule is CCN(CCC(NC)c1cccc(Cl)c1)Cc1ccco1. The number of nitrogens with one attached hydrogen (secondary N) is 1. The Morgan fingerprint density at radius 1 is 1.29 bits per heavy atom. The van der Waals surface area contributed by atoms with E-state index in [9.17, 15) is 0 Å². The summed E-state index contributed by atoms with van der Waals surface area (Å²) in [6, 6.07) is 12.3. The summed E-state index contributed by atoms with van der Waals surface area (Å²) >= 11 is 6.08. The lowest BCUT2D eigenvalue weighted by Gasteiger charge is -2.23. The minimum absolute atomic E-state index is 0.314. The van der Waals surface area contributed by atoms with E-state index in [-0.39, 0.29) is 0 Å². The van der Waals surface area contributed by atoms with Gasteiger partial charge in [-0.15, -0.1) is 0 Å². The van der Waals surface area contributed by atoms with Crippen LogP contribution in [0.3, 0.4) is 0 Å². The first-order chi connectivity index (χ1) is 10.2. The summed E-state index contributed by atoms with van der Waals surface area (Å²) in [7, 11) is 1.99. The second-order valence-electron chi connectivity index (χ2n) is 5.13. The molecule has 0 bridgehead atoms. The van der Waals surface area contributed by atoms with E-state index >= 15 is 0 Å². The van der Waals surface area contributed by atoms with E-state index in [0.717, 1.165) is 36.8 Å². The monoisotopic (exact) mass is 306 g/mol. The topological polar surface area (TPSA) is 28.4 Å². The van der Waals surface area contributed by atoms with Crippen molar-refractivity contribution >= 4 is 11.6 Å². The molecule has 21 heavy (non-hydrogen) atoms. The maximum absolute atomic E-state index is 6.08. The van der Waals surface area contributed by atoms with Crippen molar-refractivity contribution < 1.29 is 4.42 Å². The quantitative estimate of drug-likeness (QED) is 0.795. The zero-order valence-corrected chi connectivity index (χ0v) is 13.4. The average molecular weight is 307 g/mol. The smallest absolute Gasteiger partial charge is 0.117 e. The molecule has 0 spiro atoms.